The van der Waals surface area contributed by atoms with Crippen LogP contribution in [-0.2, 0) is 11.0 Å². The van der Waals surface area contributed by atoms with Crippen LogP contribution in [0.25, 0.3) is 6.08 Å². The van der Waals surface area contributed by atoms with E-state index in [4.69, 9.17) is 5.73 Å². The zero-order valence-electron chi connectivity index (χ0n) is 8.51. The highest BCUT2D eigenvalue weighted by Crippen LogP contribution is 2.30. The standard InChI is InChI=1S/C11H10F3NO/c1-7-6-9(11(12,13)14)4-2-8(7)3-5-10(15)16/h2-6H,1H3,(H2,15,16). The van der Waals surface area contributed by atoms with Crippen LogP contribution in [0.2, 0.25) is 0 Å². The molecular formula is C11H10F3NO. The number of nitrogens with two attached hydrogens (primary N) is 1. The van der Waals surface area contributed by atoms with E-state index in [1.165, 1.54) is 19.1 Å². The fourth-order valence-electron chi connectivity index (χ4n) is 1.21. The third-order valence-electron chi connectivity index (χ3n) is 2.02. The normalized spacial score (nSPS) is 12.0. The molecular weight excluding hydrogens is 219 g/mol. The molecule has 16 heavy (non-hydrogen) atoms. The maximum absolute atomic E-state index is 12.3. The van der Waals surface area contributed by atoms with E-state index in [2.05, 4.69) is 0 Å². The van der Waals surface area contributed by atoms with Crippen molar-refractivity contribution >= 4 is 12.0 Å². The average Bonchev–Trinajstić information content (AvgIpc) is 2.14. The van der Waals surface area contributed by atoms with Gasteiger partial charge in [-0.05, 0) is 36.3 Å². The summed E-state index contributed by atoms with van der Waals surface area (Å²) >= 11 is 0. The van der Waals surface area contributed by atoms with Crippen LogP contribution in [-0.4, -0.2) is 5.91 Å². The van der Waals surface area contributed by atoms with E-state index in [-0.39, 0.29) is 0 Å². The summed E-state index contributed by atoms with van der Waals surface area (Å²) in [6.07, 6.45) is -1.86. The molecule has 1 amide bonds. The number of benzene rings is 1. The van der Waals surface area contributed by atoms with Crippen molar-refractivity contribution in [3.63, 3.8) is 0 Å². The molecule has 0 fully saturated rings. The van der Waals surface area contributed by atoms with Gasteiger partial charge in [0.05, 0.1) is 5.56 Å². The summed E-state index contributed by atoms with van der Waals surface area (Å²) in [6, 6.07) is 3.30. The Hall–Kier alpha value is -1.78. The molecule has 0 saturated heterocycles. The Balaban J connectivity index is 3.05. The fourth-order valence-corrected chi connectivity index (χ4v) is 1.21. The minimum atomic E-state index is -4.35. The molecule has 0 spiro atoms. The largest absolute Gasteiger partial charge is 0.416 e. The summed E-state index contributed by atoms with van der Waals surface area (Å²) in [5, 5.41) is 0. The van der Waals surface area contributed by atoms with Gasteiger partial charge in [0, 0.05) is 6.08 Å². The Morgan fingerprint density at radius 2 is 2.00 bits per heavy atom. The number of hydrogen-bond acceptors (Lipinski definition) is 1. The van der Waals surface area contributed by atoms with Gasteiger partial charge in [-0.1, -0.05) is 6.07 Å². The molecule has 1 rings (SSSR count). The SMILES string of the molecule is Cc1cc(C(F)(F)F)ccc1C=CC(N)=O. The van der Waals surface area contributed by atoms with Crippen molar-refractivity contribution in [2.45, 2.75) is 13.1 Å². The van der Waals surface area contributed by atoms with Gasteiger partial charge in [0.2, 0.25) is 5.91 Å². The molecule has 0 aromatic heterocycles. The van der Waals surface area contributed by atoms with Crippen LogP contribution in [0.4, 0.5) is 13.2 Å². The van der Waals surface area contributed by atoms with Crippen molar-refractivity contribution in [2.24, 2.45) is 5.73 Å². The summed E-state index contributed by atoms with van der Waals surface area (Å²) < 4.78 is 37.0. The zero-order valence-corrected chi connectivity index (χ0v) is 8.51. The molecule has 2 nitrogen and oxygen atoms in total. The quantitative estimate of drug-likeness (QED) is 0.778. The molecule has 86 valence electrons. The molecule has 0 saturated carbocycles. The Bertz CT molecular complexity index is 435. The molecule has 0 radical (unpaired) electrons. The van der Waals surface area contributed by atoms with E-state index in [0.717, 1.165) is 18.2 Å². The van der Waals surface area contributed by atoms with Gasteiger partial charge in [-0.2, -0.15) is 13.2 Å². The number of carbonyl (C=O) groups is 1. The van der Waals surface area contributed by atoms with E-state index < -0.39 is 17.6 Å². The van der Waals surface area contributed by atoms with Crippen LogP contribution in [0.5, 0.6) is 0 Å². The van der Waals surface area contributed by atoms with Crippen LogP contribution >= 0.6 is 0 Å². The van der Waals surface area contributed by atoms with Crippen molar-refractivity contribution in [3.8, 4) is 0 Å². The number of aryl methyl sites for hydroxylation is 1. The zero-order chi connectivity index (χ0) is 12.3. The number of alkyl halides is 3. The number of halogens is 3. The van der Waals surface area contributed by atoms with E-state index in [1.807, 2.05) is 0 Å². The van der Waals surface area contributed by atoms with Crippen LogP contribution < -0.4 is 5.73 Å². The van der Waals surface area contributed by atoms with Gasteiger partial charge in [0.15, 0.2) is 0 Å². The van der Waals surface area contributed by atoms with E-state index in [0.29, 0.717) is 11.1 Å². The first-order valence-electron chi connectivity index (χ1n) is 4.46. The summed E-state index contributed by atoms with van der Waals surface area (Å²) in [7, 11) is 0. The lowest BCUT2D eigenvalue weighted by Gasteiger charge is -2.08. The topological polar surface area (TPSA) is 43.1 Å². The minimum absolute atomic E-state index is 0.437. The van der Waals surface area contributed by atoms with E-state index >= 15 is 0 Å². The van der Waals surface area contributed by atoms with Gasteiger partial charge in [0.1, 0.15) is 0 Å². The summed E-state index contributed by atoms with van der Waals surface area (Å²) in [5.41, 5.74) is 5.15. The van der Waals surface area contributed by atoms with Gasteiger partial charge >= 0.3 is 6.18 Å². The van der Waals surface area contributed by atoms with Crippen molar-refractivity contribution in [1.29, 1.82) is 0 Å². The molecule has 0 aliphatic rings. The maximum atomic E-state index is 12.3. The summed E-state index contributed by atoms with van der Waals surface area (Å²) in [5.74, 6) is -0.640. The van der Waals surface area contributed by atoms with Crippen LogP contribution in [0.1, 0.15) is 16.7 Å². The van der Waals surface area contributed by atoms with Crippen LogP contribution in [0.3, 0.4) is 0 Å². The predicted octanol–water partition coefficient (Wildman–Crippen LogP) is 2.51. The second kappa shape index (κ2) is 4.38. The predicted molar refractivity (Wildman–Crippen MR) is 54.4 cm³/mol. The summed E-state index contributed by atoms with van der Waals surface area (Å²) in [4.78, 5) is 10.5. The maximum Gasteiger partial charge on any atom is 0.416 e. The van der Waals surface area contributed by atoms with Gasteiger partial charge in [-0.3, -0.25) is 4.79 Å². The second-order valence-electron chi connectivity index (χ2n) is 3.30. The number of rotatable bonds is 2. The highest BCUT2D eigenvalue weighted by atomic mass is 19.4. The number of primary amides is 1. The molecule has 0 heterocycles. The third-order valence-corrected chi connectivity index (χ3v) is 2.02. The highest BCUT2D eigenvalue weighted by molar-refractivity contribution is 5.90. The van der Waals surface area contributed by atoms with E-state index in [9.17, 15) is 18.0 Å². The Labute approximate surface area is 90.6 Å². The van der Waals surface area contributed by atoms with Crippen molar-refractivity contribution in [1.82, 2.24) is 0 Å². The summed E-state index contributed by atoms with van der Waals surface area (Å²) in [6.45, 7) is 1.54. The van der Waals surface area contributed by atoms with Gasteiger partial charge < -0.3 is 5.73 Å². The molecule has 0 atom stereocenters. The third kappa shape index (κ3) is 3.12. The molecule has 0 bridgehead atoms. The molecule has 2 N–H and O–H groups in total. The number of carbonyl (C=O) groups excluding carboxylic acids is 1. The monoisotopic (exact) mass is 229 g/mol. The molecule has 0 unspecified atom stereocenters. The fraction of sp³-hybridized carbons (Fsp3) is 0.182. The van der Waals surface area contributed by atoms with Crippen molar-refractivity contribution < 1.29 is 18.0 Å². The van der Waals surface area contributed by atoms with E-state index in [1.54, 1.807) is 0 Å². The van der Waals surface area contributed by atoms with Crippen molar-refractivity contribution in [2.75, 3.05) is 0 Å². The van der Waals surface area contributed by atoms with Crippen molar-refractivity contribution in [3.05, 3.63) is 41.0 Å². The molecule has 0 aliphatic heterocycles. The Morgan fingerprint density at radius 3 is 2.44 bits per heavy atom. The second-order valence-corrected chi connectivity index (χ2v) is 3.30. The number of amides is 1. The average molecular weight is 229 g/mol. The number of hydrogen-bond donors (Lipinski definition) is 1. The Kier molecular flexibility index (Phi) is 3.37. The minimum Gasteiger partial charge on any atom is -0.366 e. The molecule has 5 heteroatoms. The Morgan fingerprint density at radius 1 is 1.38 bits per heavy atom. The first-order valence-corrected chi connectivity index (χ1v) is 4.46. The first kappa shape index (κ1) is 12.3. The molecule has 0 aliphatic carbocycles. The lowest BCUT2D eigenvalue weighted by atomic mass is 10.0. The van der Waals surface area contributed by atoms with Gasteiger partial charge in [-0.25, -0.2) is 0 Å². The lowest BCUT2D eigenvalue weighted by molar-refractivity contribution is -0.137. The lowest BCUT2D eigenvalue weighted by Crippen LogP contribution is -2.06. The first-order chi connectivity index (χ1) is 7.30. The molecule has 1 aromatic carbocycles. The highest BCUT2D eigenvalue weighted by Gasteiger charge is 2.30. The van der Waals surface area contributed by atoms with Crippen LogP contribution in [0.15, 0.2) is 24.3 Å². The van der Waals surface area contributed by atoms with Gasteiger partial charge in [0.25, 0.3) is 0 Å². The smallest absolute Gasteiger partial charge is 0.366 e. The van der Waals surface area contributed by atoms with Crippen LogP contribution in [0, 0.1) is 6.92 Å². The molecule has 1 aromatic rings. The van der Waals surface area contributed by atoms with Gasteiger partial charge in [-0.15, -0.1) is 0 Å².